The highest BCUT2D eigenvalue weighted by Gasteiger charge is 2.21. The van der Waals surface area contributed by atoms with Crippen molar-refractivity contribution in [3.05, 3.63) is 27.1 Å². The highest BCUT2D eigenvalue weighted by atomic mass is 32.1. The van der Waals surface area contributed by atoms with E-state index in [1.54, 1.807) is 21.6 Å². The molecule has 212 valence electrons. The molecule has 0 spiro atoms. The number of carboxylic acid groups (broad SMARTS) is 4. The summed E-state index contributed by atoms with van der Waals surface area (Å²) in [7, 11) is 0. The first kappa shape index (κ1) is 32.7. The quantitative estimate of drug-likeness (QED) is 0.216. The van der Waals surface area contributed by atoms with E-state index in [0.717, 1.165) is 24.1 Å². The van der Waals surface area contributed by atoms with Crippen LogP contribution in [-0.2, 0) is 19.2 Å². The fraction of sp³-hybridized carbons (Fsp3) is 0.520. The number of aliphatic carboxylic acids is 4. The number of hydrogen-bond acceptors (Lipinski definition) is 9. The Kier molecular flexibility index (Phi) is 14.8. The van der Waals surface area contributed by atoms with Gasteiger partial charge in [-0.05, 0) is 30.7 Å². The zero-order chi connectivity index (χ0) is 28.7. The minimum Gasteiger partial charge on any atom is -0.481 e. The van der Waals surface area contributed by atoms with Crippen LogP contribution in [0.25, 0.3) is 0 Å². The predicted molar refractivity (Wildman–Crippen MR) is 150 cm³/mol. The van der Waals surface area contributed by atoms with Crippen LogP contribution < -0.4 is 14.7 Å². The summed E-state index contributed by atoms with van der Waals surface area (Å²) in [4.78, 5) is 49.0. The third-order valence-corrected chi connectivity index (χ3v) is 6.96. The Hall–Kier alpha value is -3.32. The molecule has 0 aromatic carbocycles. The van der Waals surface area contributed by atoms with Crippen molar-refractivity contribution in [2.24, 2.45) is 0 Å². The molecule has 2 rings (SSSR count). The second-order valence-corrected chi connectivity index (χ2v) is 9.97. The van der Waals surface area contributed by atoms with Crippen molar-refractivity contribution in [1.29, 1.82) is 0 Å². The standard InChI is InChI=1S/C22H31N3O6S2.C3H6O2/c1-3-4-6-24(10-21(28)29)18-14-33-15-19(18)25(11-22(30)31)8-5-7-23(9-20(26)27)17-13-32-12-16(17)2;1-2-3(4)5/h12-15H,3-11H2,1-2H3,(H,26,27)(H,28,29)(H,30,31);2H2,1H3,(H,4,5). The third-order valence-electron chi connectivity index (χ3n) is 5.39. The summed E-state index contributed by atoms with van der Waals surface area (Å²) in [6, 6.07) is 0. The van der Waals surface area contributed by atoms with Crippen molar-refractivity contribution in [2.75, 3.05) is 54.0 Å². The van der Waals surface area contributed by atoms with Crippen LogP contribution in [0.1, 0.15) is 45.1 Å². The first-order valence-electron chi connectivity index (χ1n) is 12.2. The summed E-state index contributed by atoms with van der Waals surface area (Å²) in [5.41, 5.74) is 3.28. The van der Waals surface area contributed by atoms with Gasteiger partial charge in [0.25, 0.3) is 0 Å². The number of thiophene rings is 2. The minimum atomic E-state index is -0.985. The monoisotopic (exact) mass is 571 g/mol. The van der Waals surface area contributed by atoms with Gasteiger partial charge in [0, 0.05) is 42.2 Å². The molecule has 13 heteroatoms. The fourth-order valence-corrected chi connectivity index (χ4v) is 5.30. The van der Waals surface area contributed by atoms with E-state index < -0.39 is 23.9 Å². The Labute approximate surface area is 230 Å². The number of nitrogens with zero attached hydrogens (tertiary/aromatic N) is 3. The fourth-order valence-electron chi connectivity index (χ4n) is 3.58. The topological polar surface area (TPSA) is 159 Å². The van der Waals surface area contributed by atoms with E-state index in [1.165, 1.54) is 22.7 Å². The molecule has 4 N–H and O–H groups in total. The molecule has 0 radical (unpaired) electrons. The van der Waals surface area contributed by atoms with E-state index in [1.807, 2.05) is 35.4 Å². The normalized spacial score (nSPS) is 10.3. The lowest BCUT2D eigenvalue weighted by molar-refractivity contribution is -0.137. The average Bonchev–Trinajstić information content (AvgIpc) is 3.49. The molecule has 0 unspecified atom stereocenters. The number of hydrogen-bond donors (Lipinski definition) is 4. The van der Waals surface area contributed by atoms with E-state index in [0.29, 0.717) is 37.4 Å². The van der Waals surface area contributed by atoms with Crippen LogP contribution >= 0.6 is 22.7 Å². The zero-order valence-electron chi connectivity index (χ0n) is 22.0. The summed E-state index contributed by atoms with van der Waals surface area (Å²) in [6.45, 7) is 6.45. The highest BCUT2D eigenvalue weighted by Crippen LogP contribution is 2.34. The second-order valence-electron chi connectivity index (χ2n) is 8.48. The Balaban J connectivity index is 0.00000132. The van der Waals surface area contributed by atoms with Crippen LogP contribution in [0, 0.1) is 6.92 Å². The van der Waals surface area contributed by atoms with Crippen LogP contribution in [0.2, 0.25) is 0 Å². The lowest BCUT2D eigenvalue weighted by Crippen LogP contribution is -2.37. The molecule has 0 saturated carbocycles. The molecule has 2 aromatic rings. The molecule has 0 saturated heterocycles. The van der Waals surface area contributed by atoms with Crippen LogP contribution in [0.4, 0.5) is 17.1 Å². The molecule has 0 aliphatic rings. The maximum Gasteiger partial charge on any atom is 0.323 e. The Morgan fingerprint density at radius 2 is 1.00 bits per heavy atom. The molecule has 11 nitrogen and oxygen atoms in total. The molecule has 2 heterocycles. The van der Waals surface area contributed by atoms with E-state index in [2.05, 4.69) is 0 Å². The molecule has 2 aromatic heterocycles. The van der Waals surface area contributed by atoms with Gasteiger partial charge in [-0.25, -0.2) is 0 Å². The van der Waals surface area contributed by atoms with Crippen molar-refractivity contribution in [3.63, 3.8) is 0 Å². The minimum absolute atomic E-state index is 0.135. The zero-order valence-corrected chi connectivity index (χ0v) is 23.6. The van der Waals surface area contributed by atoms with E-state index in [4.69, 9.17) is 5.11 Å². The van der Waals surface area contributed by atoms with Crippen molar-refractivity contribution in [2.45, 2.75) is 46.5 Å². The third kappa shape index (κ3) is 11.8. The molecule has 38 heavy (non-hydrogen) atoms. The molecule has 0 aliphatic heterocycles. The molecule has 0 bridgehead atoms. The first-order valence-corrected chi connectivity index (χ1v) is 14.1. The molecular formula is C25H37N3O8S2. The maximum absolute atomic E-state index is 11.6. The van der Waals surface area contributed by atoms with Crippen LogP contribution in [0.15, 0.2) is 21.5 Å². The number of rotatable bonds is 17. The van der Waals surface area contributed by atoms with Gasteiger partial charge < -0.3 is 35.1 Å². The van der Waals surface area contributed by atoms with Crippen LogP contribution in [0.5, 0.6) is 0 Å². The van der Waals surface area contributed by atoms with Crippen molar-refractivity contribution in [3.8, 4) is 0 Å². The number of unbranched alkanes of at least 4 members (excludes halogenated alkanes) is 1. The number of carbonyl (C=O) groups is 4. The van der Waals surface area contributed by atoms with Gasteiger partial charge in [-0.1, -0.05) is 20.3 Å². The lowest BCUT2D eigenvalue weighted by atomic mass is 10.2. The molecule has 0 amide bonds. The summed E-state index contributed by atoms with van der Waals surface area (Å²) >= 11 is 2.91. The number of aryl methyl sites for hydroxylation is 1. The lowest BCUT2D eigenvalue weighted by Gasteiger charge is -2.30. The molecule has 0 fully saturated rings. The Bertz CT molecular complexity index is 1040. The highest BCUT2D eigenvalue weighted by molar-refractivity contribution is 7.09. The van der Waals surface area contributed by atoms with Crippen molar-refractivity contribution >= 4 is 63.6 Å². The molecule has 0 aliphatic carbocycles. The molecule has 0 atom stereocenters. The number of anilines is 3. The van der Waals surface area contributed by atoms with Gasteiger partial charge in [0.1, 0.15) is 19.6 Å². The van der Waals surface area contributed by atoms with Gasteiger partial charge in [-0.3, -0.25) is 19.2 Å². The largest absolute Gasteiger partial charge is 0.481 e. The Morgan fingerprint density at radius 1 is 0.632 bits per heavy atom. The van der Waals surface area contributed by atoms with Gasteiger partial charge in [0.05, 0.1) is 17.1 Å². The summed E-state index contributed by atoms with van der Waals surface area (Å²) in [6.07, 6.45) is 2.50. The second kappa shape index (κ2) is 17.2. The number of carboxylic acids is 4. The summed E-state index contributed by atoms with van der Waals surface area (Å²) in [5.74, 6) is -3.60. The summed E-state index contributed by atoms with van der Waals surface area (Å²) in [5, 5.41) is 43.4. The van der Waals surface area contributed by atoms with Gasteiger partial charge in [0.2, 0.25) is 0 Å². The van der Waals surface area contributed by atoms with Crippen LogP contribution in [-0.4, -0.2) is 83.6 Å². The van der Waals surface area contributed by atoms with Gasteiger partial charge >= 0.3 is 23.9 Å². The Morgan fingerprint density at radius 3 is 1.34 bits per heavy atom. The van der Waals surface area contributed by atoms with Crippen molar-refractivity contribution < 1.29 is 39.6 Å². The van der Waals surface area contributed by atoms with E-state index in [9.17, 15) is 34.5 Å². The smallest absolute Gasteiger partial charge is 0.323 e. The maximum atomic E-state index is 11.6. The van der Waals surface area contributed by atoms with Crippen LogP contribution in [0.3, 0.4) is 0 Å². The van der Waals surface area contributed by atoms with E-state index in [-0.39, 0.29) is 26.1 Å². The summed E-state index contributed by atoms with van der Waals surface area (Å²) < 4.78 is 0. The first-order chi connectivity index (χ1) is 18.0. The van der Waals surface area contributed by atoms with Gasteiger partial charge in [0.15, 0.2) is 0 Å². The van der Waals surface area contributed by atoms with Crippen molar-refractivity contribution in [1.82, 2.24) is 0 Å². The molecular weight excluding hydrogens is 534 g/mol. The van der Waals surface area contributed by atoms with E-state index >= 15 is 0 Å². The van der Waals surface area contributed by atoms with Gasteiger partial charge in [-0.15, -0.1) is 22.7 Å². The SMILES string of the molecule is CCC(=O)O.CCCCN(CC(=O)O)c1cscc1N(CCCN(CC(=O)O)c1cscc1C)CC(=O)O. The van der Waals surface area contributed by atoms with Gasteiger partial charge in [-0.2, -0.15) is 0 Å². The average molecular weight is 572 g/mol. The predicted octanol–water partition coefficient (Wildman–Crippen LogP) is 4.16.